The van der Waals surface area contributed by atoms with Gasteiger partial charge in [-0.05, 0) is 78.7 Å². The third-order valence-corrected chi connectivity index (χ3v) is 12.6. The Hall–Kier alpha value is -5.70. The molecule has 0 aliphatic carbocycles. The number of hydroxylamine groups is 4. The summed E-state index contributed by atoms with van der Waals surface area (Å²) in [5.74, 6) is 2.95. The van der Waals surface area contributed by atoms with Crippen molar-refractivity contribution in [1.29, 1.82) is 0 Å². The highest BCUT2D eigenvalue weighted by Gasteiger charge is 2.52. The number of fused-ring (bicyclic) bond motifs is 4. The second-order valence-corrected chi connectivity index (χ2v) is 17.4. The number of rotatable bonds is 4. The third-order valence-electron chi connectivity index (χ3n) is 12.1. The Morgan fingerprint density at radius 1 is 0.703 bits per heavy atom. The predicted molar refractivity (Wildman–Crippen MR) is 244 cm³/mol. The molecule has 0 amide bonds. The number of hydrogen-bond donors (Lipinski definition) is 4. The van der Waals surface area contributed by atoms with Crippen molar-refractivity contribution in [2.24, 2.45) is 33.3 Å². The van der Waals surface area contributed by atoms with Gasteiger partial charge in [0.25, 0.3) is 0 Å². The zero-order valence-corrected chi connectivity index (χ0v) is 37.2. The molecular weight excluding hydrogens is 883 g/mol. The van der Waals surface area contributed by atoms with E-state index in [0.29, 0.717) is 60.0 Å². The van der Waals surface area contributed by atoms with Crippen molar-refractivity contribution in [1.82, 2.24) is 10.1 Å². The van der Waals surface area contributed by atoms with Gasteiger partial charge < -0.3 is 40.5 Å². The van der Waals surface area contributed by atoms with E-state index in [2.05, 4.69) is 30.6 Å². The normalized spacial score (nSPS) is 26.5. The lowest BCUT2D eigenvalue weighted by Crippen LogP contribution is -2.44. The first-order chi connectivity index (χ1) is 30.9. The van der Waals surface area contributed by atoms with Gasteiger partial charge in [0, 0.05) is 56.5 Å². The van der Waals surface area contributed by atoms with Crippen LogP contribution in [-0.2, 0) is 30.6 Å². The number of nitrogens with two attached hydrogens (primary N) is 2. The zero-order valence-electron chi connectivity index (χ0n) is 35.6. The van der Waals surface area contributed by atoms with Gasteiger partial charge in [-0.25, -0.2) is 39.5 Å². The summed E-state index contributed by atoms with van der Waals surface area (Å²) in [4.78, 5) is 28.4. The van der Waals surface area contributed by atoms with Gasteiger partial charge in [0.05, 0.1) is 37.5 Å². The summed E-state index contributed by atoms with van der Waals surface area (Å²) >= 11 is 3.52. The maximum absolute atomic E-state index is 8.70. The molecule has 332 valence electrons. The van der Waals surface area contributed by atoms with E-state index in [1.165, 1.54) is 16.2 Å². The number of halogens is 1. The zero-order chi connectivity index (χ0) is 45.0. The van der Waals surface area contributed by atoms with E-state index < -0.39 is 18.6 Å². The first-order valence-electron chi connectivity index (χ1n) is 21.2. The molecule has 2 fully saturated rings. The maximum Gasteiger partial charge on any atom is 0.487 e. The van der Waals surface area contributed by atoms with Crippen LogP contribution in [0.1, 0.15) is 49.7 Å². The van der Waals surface area contributed by atoms with Gasteiger partial charge in [-0.2, -0.15) is 0 Å². The van der Waals surface area contributed by atoms with Crippen molar-refractivity contribution in [2.75, 3.05) is 40.5 Å². The van der Waals surface area contributed by atoms with Crippen molar-refractivity contribution < 1.29 is 38.7 Å². The molecule has 6 aliphatic heterocycles. The van der Waals surface area contributed by atoms with E-state index in [4.69, 9.17) is 68.3 Å². The van der Waals surface area contributed by atoms with Crippen LogP contribution < -0.4 is 26.4 Å². The van der Waals surface area contributed by atoms with Gasteiger partial charge in [-0.15, -0.1) is 0 Å². The molecule has 6 N–H and O–H groups in total. The monoisotopic (exact) mass is 932 g/mol. The Morgan fingerprint density at radius 3 is 1.72 bits per heavy atom. The van der Waals surface area contributed by atoms with Gasteiger partial charge in [0.15, 0.2) is 11.4 Å². The average molecular weight is 934 g/mol. The molecule has 2 saturated heterocycles. The number of guanidine groups is 2. The summed E-state index contributed by atoms with van der Waals surface area (Å²) in [7, 11) is 2.06. The number of nitrogens with zero attached hydrogens (tertiary/aromatic N) is 6. The minimum absolute atomic E-state index is 0.00651. The second kappa shape index (κ2) is 19.2. The largest absolute Gasteiger partial charge is 0.489 e. The molecule has 2 spiro atoms. The minimum atomic E-state index is -1.49. The standard InChI is InChI=1S/C23H24N4O3.C16H20BrN3O3.C7H6BNO2/c1-25-18-7-3-5-15(11-18)16-8-9-20-19(12-16)23(26-22(24)27(2)30-23)13-21(29-20)17-6-4-10-28-14-17;1-20-15(18)19-16(23-20)8-14(10-3-2-6-21-9-10)22-13-5-4-11(17)7-12(13)16;1-9-7-4-2-3-6(5-7)8(10)11/h3,5,7-9,11-12,17,21H,4,6,10,13-14H2,2H3,(H2,24,26);4-5,7,10,14H,2-3,6,8-9H2,1H3,(H2,18,19);2-5,10-11H. The fourth-order valence-electron chi connectivity index (χ4n) is 8.84. The van der Waals surface area contributed by atoms with Crippen molar-refractivity contribution in [2.45, 2.75) is 62.2 Å². The lowest BCUT2D eigenvalue weighted by molar-refractivity contribution is -0.197. The highest BCUT2D eigenvalue weighted by molar-refractivity contribution is 9.10. The average Bonchev–Trinajstić information content (AvgIpc) is 3.77. The highest BCUT2D eigenvalue weighted by atomic mass is 79.9. The van der Waals surface area contributed by atoms with Gasteiger partial charge in [-0.3, -0.25) is 0 Å². The fourth-order valence-corrected chi connectivity index (χ4v) is 9.20. The van der Waals surface area contributed by atoms with Gasteiger partial charge in [-0.1, -0.05) is 64.5 Å². The van der Waals surface area contributed by atoms with Crippen molar-refractivity contribution in [3.8, 4) is 22.6 Å². The summed E-state index contributed by atoms with van der Waals surface area (Å²) in [5.41, 5.74) is 15.4. The second-order valence-electron chi connectivity index (χ2n) is 16.5. The van der Waals surface area contributed by atoms with Crippen LogP contribution in [0.25, 0.3) is 20.8 Å². The van der Waals surface area contributed by atoms with Gasteiger partial charge >= 0.3 is 7.12 Å². The molecule has 10 rings (SSSR count). The Kier molecular flexibility index (Phi) is 13.5. The van der Waals surface area contributed by atoms with E-state index >= 15 is 0 Å². The summed E-state index contributed by atoms with van der Waals surface area (Å²) in [5, 5.41) is 20.4. The number of hydrogen-bond acceptors (Lipinski definition) is 14. The molecule has 64 heavy (non-hydrogen) atoms. The molecule has 4 aromatic carbocycles. The van der Waals surface area contributed by atoms with E-state index in [1.54, 1.807) is 38.4 Å². The number of benzene rings is 4. The van der Waals surface area contributed by atoms with Crippen molar-refractivity contribution in [3.05, 3.63) is 123 Å². The smallest absolute Gasteiger partial charge is 0.487 e. The molecule has 0 aromatic heterocycles. The molecule has 16 nitrogen and oxygen atoms in total. The van der Waals surface area contributed by atoms with Crippen LogP contribution in [0.3, 0.4) is 0 Å². The molecule has 0 saturated carbocycles. The Labute approximate surface area is 381 Å². The lowest BCUT2D eigenvalue weighted by Gasteiger charge is -2.41. The van der Waals surface area contributed by atoms with Crippen LogP contribution in [0.15, 0.2) is 99.4 Å². The van der Waals surface area contributed by atoms with Crippen LogP contribution in [0.2, 0.25) is 0 Å². The molecule has 4 aromatic rings. The Balaban J connectivity index is 0.000000145. The Morgan fingerprint density at radius 2 is 1.22 bits per heavy atom. The van der Waals surface area contributed by atoms with Gasteiger partial charge in [0.1, 0.15) is 23.7 Å². The fraction of sp³-hybridized carbons (Fsp3) is 0.391. The van der Waals surface area contributed by atoms with E-state index in [-0.39, 0.29) is 12.2 Å². The Bertz CT molecular complexity index is 2490. The molecule has 6 aliphatic rings. The molecule has 0 radical (unpaired) electrons. The van der Waals surface area contributed by atoms with Crippen LogP contribution in [-0.4, -0.2) is 91.9 Å². The topological polar surface area (TPSA) is 188 Å². The van der Waals surface area contributed by atoms with E-state index in [9.17, 15) is 0 Å². The van der Waals surface area contributed by atoms with Gasteiger partial charge in [0.2, 0.25) is 23.4 Å². The lowest BCUT2D eigenvalue weighted by atomic mass is 9.80. The number of aliphatic imine (C=N–C) groups is 2. The molecule has 6 heterocycles. The highest BCUT2D eigenvalue weighted by Crippen LogP contribution is 2.50. The van der Waals surface area contributed by atoms with Crippen molar-refractivity contribution >= 4 is 51.8 Å². The molecule has 6 unspecified atom stereocenters. The van der Waals surface area contributed by atoms with E-state index in [0.717, 1.165) is 83.7 Å². The summed E-state index contributed by atoms with van der Waals surface area (Å²) in [6.07, 6.45) is 5.42. The molecular formula is C46H50BBrN8O8. The SMILES string of the molecule is CN1OC2(CC(C3CCCOC3)Oc3ccc(Br)cc32)N=C1N.[C-]#[N+]c1cccc(-c2ccc3c(c2)C2(CC(C4CCCOC4)O3)N=C(N)N(C)O2)c1.[C-]#[N+]c1cccc(B(O)O)c1. The summed E-state index contributed by atoms with van der Waals surface area (Å²) < 4.78 is 25.0. The summed E-state index contributed by atoms with van der Waals surface area (Å²) in [6.45, 7) is 17.0. The molecule has 18 heteroatoms. The van der Waals surface area contributed by atoms with Crippen LogP contribution >= 0.6 is 15.9 Å². The van der Waals surface area contributed by atoms with Crippen LogP contribution in [0.5, 0.6) is 11.5 Å². The molecule has 6 atom stereocenters. The quantitative estimate of drug-likeness (QED) is 0.136. The maximum atomic E-state index is 8.70. The van der Waals surface area contributed by atoms with Crippen LogP contribution in [0.4, 0.5) is 11.4 Å². The van der Waals surface area contributed by atoms with Crippen LogP contribution in [0, 0.1) is 25.0 Å². The first kappa shape index (κ1) is 44.9. The summed E-state index contributed by atoms with van der Waals surface area (Å²) in [6, 6.07) is 25.8. The third kappa shape index (κ3) is 9.55. The van der Waals surface area contributed by atoms with E-state index in [1.807, 2.05) is 54.6 Å². The first-order valence-corrected chi connectivity index (χ1v) is 22.0. The predicted octanol–water partition coefficient (Wildman–Crippen LogP) is 6.12. The van der Waals surface area contributed by atoms with Crippen molar-refractivity contribution in [3.63, 3.8) is 0 Å². The number of ether oxygens (including phenoxy) is 4. The molecule has 0 bridgehead atoms. The minimum Gasteiger partial charge on any atom is -0.489 e.